The fourth-order valence-electron chi connectivity index (χ4n) is 7.16. The Hall–Kier alpha value is -0.0800. The highest BCUT2D eigenvalue weighted by Gasteiger charge is 2.34. The summed E-state index contributed by atoms with van der Waals surface area (Å²) in [6, 6.07) is 0. The molecule has 2 aliphatic carbocycles. The van der Waals surface area contributed by atoms with Crippen molar-refractivity contribution in [3.63, 3.8) is 0 Å². The highest BCUT2D eigenvalue weighted by atomic mass is 16.3. The Kier molecular flexibility index (Phi) is 10.2. The lowest BCUT2D eigenvalue weighted by Gasteiger charge is -2.38. The average Bonchev–Trinajstić information content (AvgIpc) is 2.66. The van der Waals surface area contributed by atoms with Gasteiger partial charge in [0.15, 0.2) is 0 Å². The molecule has 0 saturated heterocycles. The van der Waals surface area contributed by atoms with Crippen molar-refractivity contribution in [3.8, 4) is 0 Å². The number of hydrogen-bond acceptors (Lipinski definition) is 2. The van der Waals surface area contributed by atoms with E-state index in [1.54, 1.807) is 0 Å². The molecule has 178 valence electrons. The zero-order valence-corrected chi connectivity index (χ0v) is 21.4. The second-order valence-corrected chi connectivity index (χ2v) is 12.9. The Labute approximate surface area is 188 Å². The molecule has 0 aliphatic heterocycles. The van der Waals surface area contributed by atoms with E-state index >= 15 is 0 Å². The Morgan fingerprint density at radius 1 is 0.767 bits per heavy atom. The van der Waals surface area contributed by atoms with Crippen LogP contribution < -0.4 is 0 Å². The van der Waals surface area contributed by atoms with E-state index in [1.807, 2.05) is 0 Å². The van der Waals surface area contributed by atoms with Crippen molar-refractivity contribution in [3.05, 3.63) is 0 Å². The second kappa shape index (κ2) is 11.7. The van der Waals surface area contributed by atoms with Crippen LogP contribution in [-0.2, 0) is 0 Å². The van der Waals surface area contributed by atoms with Crippen molar-refractivity contribution in [2.45, 2.75) is 131 Å². The van der Waals surface area contributed by atoms with Crippen LogP contribution in [0.1, 0.15) is 119 Å². The maximum atomic E-state index is 11.1. The highest BCUT2D eigenvalue weighted by molar-refractivity contribution is 4.85. The van der Waals surface area contributed by atoms with Crippen LogP contribution in [0.2, 0.25) is 0 Å². The summed E-state index contributed by atoms with van der Waals surface area (Å²) in [5.74, 6) is 4.05. The lowest BCUT2D eigenvalue weighted by molar-refractivity contribution is 0.00131. The monoisotopic (exact) mass is 422 g/mol. The van der Waals surface area contributed by atoms with Crippen LogP contribution in [0.4, 0.5) is 0 Å². The summed E-state index contributed by atoms with van der Waals surface area (Å²) in [5, 5.41) is 22.0. The van der Waals surface area contributed by atoms with E-state index < -0.39 is 0 Å². The number of aliphatic hydroxyl groups excluding tert-OH is 2. The summed E-state index contributed by atoms with van der Waals surface area (Å²) in [5.41, 5.74) is 0.155. The summed E-state index contributed by atoms with van der Waals surface area (Å²) in [4.78, 5) is 0. The van der Waals surface area contributed by atoms with Crippen LogP contribution in [0.25, 0.3) is 0 Å². The maximum absolute atomic E-state index is 11.1. The normalized spacial score (nSPS) is 33.5. The van der Waals surface area contributed by atoms with E-state index in [1.165, 1.54) is 57.8 Å². The Morgan fingerprint density at radius 2 is 1.37 bits per heavy atom. The highest BCUT2D eigenvalue weighted by Crippen LogP contribution is 2.40. The van der Waals surface area contributed by atoms with Gasteiger partial charge in [0.25, 0.3) is 0 Å². The zero-order valence-electron chi connectivity index (χ0n) is 21.4. The fourth-order valence-corrected chi connectivity index (χ4v) is 7.16. The van der Waals surface area contributed by atoms with Gasteiger partial charge >= 0.3 is 0 Å². The smallest absolute Gasteiger partial charge is 0.0594 e. The third-order valence-corrected chi connectivity index (χ3v) is 8.79. The first-order valence-corrected chi connectivity index (χ1v) is 13.3. The maximum Gasteiger partial charge on any atom is 0.0594 e. The van der Waals surface area contributed by atoms with Gasteiger partial charge in [-0.1, -0.05) is 80.6 Å². The van der Waals surface area contributed by atoms with Crippen molar-refractivity contribution in [2.75, 3.05) is 0 Å². The molecule has 0 spiro atoms. The molecule has 2 nitrogen and oxygen atoms in total. The van der Waals surface area contributed by atoms with E-state index in [-0.39, 0.29) is 17.6 Å². The summed E-state index contributed by atoms with van der Waals surface area (Å²) < 4.78 is 0. The molecule has 0 aromatic heterocycles. The zero-order chi connectivity index (χ0) is 22.5. The van der Waals surface area contributed by atoms with E-state index in [0.29, 0.717) is 23.7 Å². The van der Waals surface area contributed by atoms with Gasteiger partial charge in [-0.05, 0) is 85.4 Å². The Bertz CT molecular complexity index is 479. The fraction of sp³-hybridized carbons (Fsp3) is 1.00. The molecule has 2 N–H and O–H groups in total. The van der Waals surface area contributed by atoms with E-state index in [9.17, 15) is 10.2 Å². The minimum absolute atomic E-state index is 0.155. The van der Waals surface area contributed by atoms with Crippen LogP contribution in [0.5, 0.6) is 0 Å². The molecule has 30 heavy (non-hydrogen) atoms. The molecule has 0 amide bonds. The Balaban J connectivity index is 1.80. The van der Waals surface area contributed by atoms with Crippen LogP contribution in [0, 0.1) is 46.8 Å². The van der Waals surface area contributed by atoms with Crippen LogP contribution >= 0.6 is 0 Å². The van der Waals surface area contributed by atoms with Gasteiger partial charge in [-0.3, -0.25) is 0 Å². The van der Waals surface area contributed by atoms with Crippen LogP contribution in [0.3, 0.4) is 0 Å². The molecule has 0 aromatic rings. The lowest BCUT2D eigenvalue weighted by atomic mass is 9.69. The van der Waals surface area contributed by atoms with Gasteiger partial charge in [-0.15, -0.1) is 0 Å². The number of hydrogen-bond donors (Lipinski definition) is 2. The molecule has 0 aromatic carbocycles. The second-order valence-electron chi connectivity index (χ2n) is 12.9. The number of rotatable bonds is 10. The first-order valence-electron chi connectivity index (χ1n) is 13.3. The molecule has 2 aliphatic rings. The van der Waals surface area contributed by atoms with Gasteiger partial charge in [0.05, 0.1) is 12.2 Å². The molecule has 0 bridgehead atoms. The number of aliphatic hydroxyl groups is 2. The van der Waals surface area contributed by atoms with Gasteiger partial charge < -0.3 is 10.2 Å². The third-order valence-electron chi connectivity index (χ3n) is 8.79. The SMILES string of the molecule is CC1CCC(C(O)C(C)CC(C)(C)C[C@H](C)C(O)C(C)CC2CCCC(C)C2)CC1. The minimum atomic E-state index is -0.207. The predicted molar refractivity (Wildman–Crippen MR) is 129 cm³/mol. The predicted octanol–water partition coefficient (Wildman–Crippen LogP) is 7.47. The van der Waals surface area contributed by atoms with Gasteiger partial charge in [0, 0.05) is 0 Å². The largest absolute Gasteiger partial charge is 0.393 e. The molecule has 0 heterocycles. The molecule has 2 rings (SSSR count). The van der Waals surface area contributed by atoms with Gasteiger partial charge in [0.1, 0.15) is 0 Å². The lowest BCUT2D eigenvalue weighted by Crippen LogP contribution is -2.35. The summed E-state index contributed by atoms with van der Waals surface area (Å²) in [6.07, 6.45) is 13.3. The summed E-state index contributed by atoms with van der Waals surface area (Å²) >= 11 is 0. The van der Waals surface area contributed by atoms with E-state index in [2.05, 4.69) is 48.5 Å². The molecule has 7 atom stereocenters. The molecule has 6 unspecified atom stereocenters. The van der Waals surface area contributed by atoms with Crippen LogP contribution in [0.15, 0.2) is 0 Å². The molecule has 2 heteroatoms. The topological polar surface area (TPSA) is 40.5 Å². The van der Waals surface area contributed by atoms with Gasteiger partial charge in [-0.25, -0.2) is 0 Å². The summed E-state index contributed by atoms with van der Waals surface area (Å²) in [7, 11) is 0. The first kappa shape index (κ1) is 26.2. The minimum Gasteiger partial charge on any atom is -0.393 e. The van der Waals surface area contributed by atoms with E-state index in [4.69, 9.17) is 0 Å². The van der Waals surface area contributed by atoms with Crippen molar-refractivity contribution < 1.29 is 10.2 Å². The average molecular weight is 423 g/mol. The van der Waals surface area contributed by atoms with Crippen molar-refractivity contribution >= 4 is 0 Å². The van der Waals surface area contributed by atoms with Gasteiger partial charge in [0.2, 0.25) is 0 Å². The van der Waals surface area contributed by atoms with E-state index in [0.717, 1.165) is 30.6 Å². The Morgan fingerprint density at radius 3 is 1.97 bits per heavy atom. The first-order chi connectivity index (χ1) is 14.0. The van der Waals surface area contributed by atoms with Crippen molar-refractivity contribution in [1.29, 1.82) is 0 Å². The van der Waals surface area contributed by atoms with Gasteiger partial charge in [-0.2, -0.15) is 0 Å². The molecular weight excluding hydrogens is 368 g/mol. The van der Waals surface area contributed by atoms with Crippen molar-refractivity contribution in [1.82, 2.24) is 0 Å². The molecular formula is C28H54O2. The molecule has 0 radical (unpaired) electrons. The standard InChI is InChI=1S/C28H54O2/c1-19-11-13-25(14-12-19)27(30)23(5)18-28(6,7)17-22(4)26(29)21(3)16-24-10-8-9-20(2)15-24/h19-27,29-30H,8-18H2,1-7H3/t19?,20?,21?,22-,23?,24?,25?,26?,27?/m0/s1. The van der Waals surface area contributed by atoms with Crippen LogP contribution in [-0.4, -0.2) is 22.4 Å². The summed E-state index contributed by atoms with van der Waals surface area (Å²) in [6.45, 7) is 16.2. The quantitative estimate of drug-likeness (QED) is 0.383. The molecule has 2 saturated carbocycles. The van der Waals surface area contributed by atoms with Crippen molar-refractivity contribution in [2.24, 2.45) is 46.8 Å². The third kappa shape index (κ3) is 8.12. The molecule has 2 fully saturated rings.